The van der Waals surface area contributed by atoms with Gasteiger partial charge in [0, 0.05) is 13.0 Å². The van der Waals surface area contributed by atoms with Gasteiger partial charge in [-0.05, 0) is 36.6 Å². The van der Waals surface area contributed by atoms with Crippen LogP contribution < -0.4 is 4.74 Å². The third-order valence-electron chi connectivity index (χ3n) is 3.81. The minimum absolute atomic E-state index is 0.390. The van der Waals surface area contributed by atoms with E-state index in [0.717, 1.165) is 11.5 Å². The third-order valence-corrected chi connectivity index (χ3v) is 3.81. The molecule has 3 rings (SSSR count). The summed E-state index contributed by atoms with van der Waals surface area (Å²) in [5.74, 6) is 3.63. The van der Waals surface area contributed by atoms with Crippen LogP contribution in [-0.4, -0.2) is 18.0 Å². The Morgan fingerprint density at radius 2 is 2.00 bits per heavy atom. The van der Waals surface area contributed by atoms with Gasteiger partial charge in [-0.1, -0.05) is 25.1 Å². The Labute approximate surface area is 124 Å². The summed E-state index contributed by atoms with van der Waals surface area (Å²) in [6.45, 7) is 2.63. The molecule has 2 unspecified atom stereocenters. The summed E-state index contributed by atoms with van der Waals surface area (Å²) < 4.78 is 11.1. The molecule has 2 aromatic rings. The lowest BCUT2D eigenvalue weighted by Crippen LogP contribution is -2.29. The molecular weight excluding hydrogens is 266 g/mol. The van der Waals surface area contributed by atoms with E-state index < -0.39 is 0 Å². The summed E-state index contributed by atoms with van der Waals surface area (Å²) >= 11 is 0. The maximum Gasteiger partial charge on any atom is 0.415 e. The summed E-state index contributed by atoms with van der Waals surface area (Å²) in [6.07, 6.45) is 0.803. The van der Waals surface area contributed by atoms with Crippen molar-refractivity contribution in [3.63, 3.8) is 0 Å². The Morgan fingerprint density at radius 3 is 2.67 bits per heavy atom. The minimum atomic E-state index is -0.390. The number of para-hydroxylation sites is 1. The molecule has 0 bridgehead atoms. The Balaban J connectivity index is 1.56. The molecule has 1 aromatic carbocycles. The summed E-state index contributed by atoms with van der Waals surface area (Å²) in [5.41, 5.74) is 0. The summed E-state index contributed by atoms with van der Waals surface area (Å²) in [7, 11) is 1.70. The second kappa shape index (κ2) is 5.64. The zero-order valence-corrected chi connectivity index (χ0v) is 12.3. The topological polar surface area (TPSA) is 42.7 Å². The zero-order chi connectivity index (χ0) is 14.8. The summed E-state index contributed by atoms with van der Waals surface area (Å²) in [6, 6.07) is 13.0. The molecule has 1 aliphatic carbocycles. The van der Waals surface area contributed by atoms with Crippen LogP contribution in [0.25, 0.3) is 0 Å². The molecule has 21 heavy (non-hydrogen) atoms. The van der Waals surface area contributed by atoms with Gasteiger partial charge in [-0.2, -0.15) is 0 Å². The average Bonchev–Trinajstić information content (AvgIpc) is 3.03. The smallest absolute Gasteiger partial charge is 0.415 e. The quantitative estimate of drug-likeness (QED) is 0.851. The van der Waals surface area contributed by atoms with Gasteiger partial charge in [-0.25, -0.2) is 4.79 Å². The molecule has 4 nitrogen and oxygen atoms in total. The highest BCUT2D eigenvalue weighted by Crippen LogP contribution is 2.47. The number of carbonyl (C=O) groups is 1. The minimum Gasteiger partial charge on any atom is -0.464 e. The van der Waals surface area contributed by atoms with Crippen LogP contribution in [0.15, 0.2) is 46.9 Å². The fourth-order valence-electron chi connectivity index (χ4n) is 2.36. The van der Waals surface area contributed by atoms with Crippen LogP contribution in [0.3, 0.4) is 0 Å². The molecule has 0 N–H and O–H groups in total. The van der Waals surface area contributed by atoms with E-state index in [0.29, 0.717) is 24.1 Å². The molecule has 1 fully saturated rings. The molecule has 2 atom stereocenters. The van der Waals surface area contributed by atoms with Crippen LogP contribution in [0.5, 0.6) is 5.75 Å². The predicted octanol–water partition coefficient (Wildman–Crippen LogP) is 4.03. The Hall–Kier alpha value is -2.23. The molecule has 110 valence electrons. The number of carbonyl (C=O) groups excluding carboxylic acids is 1. The van der Waals surface area contributed by atoms with Gasteiger partial charge in [0.1, 0.15) is 17.3 Å². The van der Waals surface area contributed by atoms with Crippen molar-refractivity contribution in [3.05, 3.63) is 54.0 Å². The Bertz CT molecular complexity index is 620. The van der Waals surface area contributed by atoms with E-state index in [1.54, 1.807) is 19.2 Å². The number of ether oxygens (including phenoxy) is 1. The summed E-state index contributed by atoms with van der Waals surface area (Å²) in [5, 5.41) is 0. The van der Waals surface area contributed by atoms with Crippen molar-refractivity contribution >= 4 is 6.09 Å². The number of benzene rings is 1. The largest absolute Gasteiger partial charge is 0.464 e. The van der Waals surface area contributed by atoms with Crippen LogP contribution in [0.1, 0.15) is 30.8 Å². The van der Waals surface area contributed by atoms with E-state index in [1.165, 1.54) is 11.3 Å². The van der Waals surface area contributed by atoms with Gasteiger partial charge < -0.3 is 14.1 Å². The number of rotatable bonds is 4. The molecule has 4 heteroatoms. The lowest BCUT2D eigenvalue weighted by atomic mass is 10.3. The SMILES string of the molecule is CC1CC1c1ccc(CN(C)C(=O)Oc2ccccc2)o1. The molecule has 1 aromatic heterocycles. The van der Waals surface area contributed by atoms with Crippen molar-refractivity contribution in [2.75, 3.05) is 7.05 Å². The molecule has 1 amide bonds. The van der Waals surface area contributed by atoms with Gasteiger partial charge in [0.25, 0.3) is 0 Å². The van der Waals surface area contributed by atoms with Crippen molar-refractivity contribution in [2.45, 2.75) is 25.8 Å². The van der Waals surface area contributed by atoms with E-state index in [1.807, 2.05) is 30.3 Å². The molecule has 0 radical (unpaired) electrons. The van der Waals surface area contributed by atoms with E-state index in [-0.39, 0.29) is 6.09 Å². The van der Waals surface area contributed by atoms with Crippen LogP contribution >= 0.6 is 0 Å². The fourth-order valence-corrected chi connectivity index (χ4v) is 2.36. The summed E-state index contributed by atoms with van der Waals surface area (Å²) in [4.78, 5) is 13.5. The molecule has 1 heterocycles. The van der Waals surface area contributed by atoms with Gasteiger partial charge >= 0.3 is 6.09 Å². The van der Waals surface area contributed by atoms with E-state index in [4.69, 9.17) is 9.15 Å². The third kappa shape index (κ3) is 3.27. The number of hydrogen-bond donors (Lipinski definition) is 0. The average molecular weight is 285 g/mol. The molecule has 0 spiro atoms. The van der Waals surface area contributed by atoms with Crippen molar-refractivity contribution in [1.82, 2.24) is 4.90 Å². The van der Waals surface area contributed by atoms with Gasteiger partial charge in [-0.3, -0.25) is 0 Å². The lowest BCUT2D eigenvalue weighted by Gasteiger charge is -2.15. The Kier molecular flexibility index (Phi) is 3.69. The second-order valence-electron chi connectivity index (χ2n) is 5.66. The predicted molar refractivity (Wildman–Crippen MR) is 79.2 cm³/mol. The van der Waals surface area contributed by atoms with Crippen LogP contribution in [0.4, 0.5) is 4.79 Å². The molecule has 0 saturated heterocycles. The van der Waals surface area contributed by atoms with Gasteiger partial charge in [0.15, 0.2) is 0 Å². The highest BCUT2D eigenvalue weighted by molar-refractivity contribution is 5.70. The van der Waals surface area contributed by atoms with Crippen molar-refractivity contribution < 1.29 is 13.9 Å². The van der Waals surface area contributed by atoms with Gasteiger partial charge in [-0.15, -0.1) is 0 Å². The van der Waals surface area contributed by atoms with Crippen LogP contribution in [0, 0.1) is 5.92 Å². The first-order valence-corrected chi connectivity index (χ1v) is 7.20. The van der Waals surface area contributed by atoms with Crippen molar-refractivity contribution in [1.29, 1.82) is 0 Å². The van der Waals surface area contributed by atoms with Gasteiger partial charge in [0.05, 0.1) is 6.54 Å². The zero-order valence-electron chi connectivity index (χ0n) is 12.3. The van der Waals surface area contributed by atoms with Gasteiger partial charge in [0.2, 0.25) is 0 Å². The maximum atomic E-state index is 12.0. The number of nitrogens with zero attached hydrogens (tertiary/aromatic N) is 1. The highest BCUT2D eigenvalue weighted by atomic mass is 16.6. The normalized spacial score (nSPS) is 20.1. The Morgan fingerprint density at radius 1 is 1.29 bits per heavy atom. The maximum absolute atomic E-state index is 12.0. The molecule has 1 saturated carbocycles. The number of furan rings is 1. The van der Waals surface area contributed by atoms with Crippen LogP contribution in [-0.2, 0) is 6.54 Å². The monoisotopic (exact) mass is 285 g/mol. The van der Waals surface area contributed by atoms with Crippen molar-refractivity contribution in [3.8, 4) is 5.75 Å². The number of amides is 1. The van der Waals surface area contributed by atoms with E-state index in [9.17, 15) is 4.79 Å². The first-order valence-electron chi connectivity index (χ1n) is 7.20. The molecular formula is C17H19NO3. The van der Waals surface area contributed by atoms with E-state index in [2.05, 4.69) is 6.92 Å². The first kappa shape index (κ1) is 13.7. The fraction of sp³-hybridized carbons (Fsp3) is 0.353. The molecule has 0 aliphatic heterocycles. The number of hydrogen-bond acceptors (Lipinski definition) is 3. The molecule has 1 aliphatic rings. The van der Waals surface area contributed by atoms with Crippen LogP contribution in [0.2, 0.25) is 0 Å². The van der Waals surface area contributed by atoms with E-state index >= 15 is 0 Å². The first-order chi connectivity index (χ1) is 10.1. The standard InChI is InChI=1S/C17H19NO3/c1-12-10-15(12)16-9-8-14(20-16)11-18(2)17(19)21-13-6-4-3-5-7-13/h3-9,12,15H,10-11H2,1-2H3. The van der Waals surface area contributed by atoms with Crippen molar-refractivity contribution in [2.24, 2.45) is 5.92 Å². The lowest BCUT2D eigenvalue weighted by molar-refractivity contribution is 0.157. The second-order valence-corrected chi connectivity index (χ2v) is 5.66. The highest BCUT2D eigenvalue weighted by Gasteiger charge is 2.36.